The number of nitrogens with zero attached hydrogens (tertiary/aromatic N) is 1. The van der Waals surface area contributed by atoms with Crippen LogP contribution < -0.4 is 5.63 Å². The lowest BCUT2D eigenvalue weighted by Gasteiger charge is -2.22. The molecular formula is C15H16ClNO2. The van der Waals surface area contributed by atoms with E-state index in [4.69, 9.17) is 4.42 Å². The van der Waals surface area contributed by atoms with Gasteiger partial charge in [0.2, 0.25) is 0 Å². The lowest BCUT2D eigenvalue weighted by Crippen LogP contribution is -2.23. The Morgan fingerprint density at radius 1 is 1.21 bits per heavy atom. The van der Waals surface area contributed by atoms with Crippen molar-refractivity contribution >= 4 is 28.8 Å². The van der Waals surface area contributed by atoms with E-state index >= 15 is 0 Å². The average Bonchev–Trinajstić information content (AvgIpc) is 2.41. The molecule has 2 aromatic rings. The summed E-state index contributed by atoms with van der Waals surface area (Å²) in [7, 11) is 2.11. The predicted molar refractivity (Wildman–Crippen MR) is 79.8 cm³/mol. The molecule has 3 rings (SSSR count). The van der Waals surface area contributed by atoms with Crippen LogP contribution in [0, 0.1) is 0 Å². The molecule has 3 nitrogen and oxygen atoms in total. The first kappa shape index (κ1) is 13.8. The number of rotatable bonds is 1. The van der Waals surface area contributed by atoms with Crippen molar-refractivity contribution in [2.24, 2.45) is 0 Å². The normalized spacial score (nSPS) is 15.9. The fraction of sp³-hybridized carbons (Fsp3) is 0.267. The maximum absolute atomic E-state index is 11.7. The summed E-state index contributed by atoms with van der Waals surface area (Å²) in [6.45, 7) is 1.99. The summed E-state index contributed by atoms with van der Waals surface area (Å²) in [6.07, 6.45) is 4.81. The van der Waals surface area contributed by atoms with E-state index in [1.54, 1.807) is 6.26 Å². The average molecular weight is 278 g/mol. The molecule has 0 amide bonds. The van der Waals surface area contributed by atoms with Crippen LogP contribution in [0.15, 0.2) is 45.8 Å². The lowest BCUT2D eigenvalue weighted by atomic mass is 9.97. The maximum Gasteiger partial charge on any atom is 0.343 e. The Labute approximate surface area is 117 Å². The second-order valence-electron chi connectivity index (χ2n) is 4.72. The molecule has 0 N–H and O–H groups in total. The summed E-state index contributed by atoms with van der Waals surface area (Å²) in [5, 5.41) is 1.65. The Morgan fingerprint density at radius 2 is 1.95 bits per heavy atom. The minimum absolute atomic E-state index is 0. The zero-order valence-corrected chi connectivity index (χ0v) is 11.6. The van der Waals surface area contributed by atoms with Gasteiger partial charge < -0.3 is 9.32 Å². The van der Waals surface area contributed by atoms with E-state index < -0.39 is 0 Å². The highest BCUT2D eigenvalue weighted by Crippen LogP contribution is 2.27. The summed E-state index contributed by atoms with van der Waals surface area (Å²) >= 11 is 0. The second-order valence-corrected chi connectivity index (χ2v) is 4.72. The van der Waals surface area contributed by atoms with Crippen molar-refractivity contribution in [3.05, 3.63) is 52.6 Å². The Balaban J connectivity index is 0.00000133. The molecule has 0 saturated heterocycles. The Bertz CT molecular complexity index is 675. The van der Waals surface area contributed by atoms with Crippen molar-refractivity contribution in [2.75, 3.05) is 20.1 Å². The summed E-state index contributed by atoms with van der Waals surface area (Å²) in [5.74, 6) is 0. The lowest BCUT2D eigenvalue weighted by molar-refractivity contribution is 0.369. The second kappa shape index (κ2) is 5.59. The Morgan fingerprint density at radius 3 is 2.63 bits per heavy atom. The number of hydrogen-bond donors (Lipinski definition) is 0. The van der Waals surface area contributed by atoms with E-state index in [1.165, 1.54) is 5.57 Å². The van der Waals surface area contributed by atoms with Gasteiger partial charge in [0, 0.05) is 18.7 Å². The van der Waals surface area contributed by atoms with Gasteiger partial charge in [-0.05, 0) is 30.5 Å². The van der Waals surface area contributed by atoms with Gasteiger partial charge in [-0.1, -0.05) is 24.3 Å². The predicted octanol–water partition coefficient (Wildman–Crippen LogP) is 2.93. The summed E-state index contributed by atoms with van der Waals surface area (Å²) in [4.78, 5) is 13.9. The number of benzene rings is 1. The first-order valence-corrected chi connectivity index (χ1v) is 6.14. The largest absolute Gasteiger partial charge is 0.430 e. The third-order valence-electron chi connectivity index (χ3n) is 3.48. The highest BCUT2D eigenvalue weighted by Gasteiger charge is 2.13. The first-order valence-electron chi connectivity index (χ1n) is 6.14. The van der Waals surface area contributed by atoms with Gasteiger partial charge in [-0.25, -0.2) is 4.79 Å². The zero-order chi connectivity index (χ0) is 12.5. The van der Waals surface area contributed by atoms with E-state index in [2.05, 4.69) is 18.0 Å². The molecule has 1 aliphatic rings. The molecule has 0 spiro atoms. The molecule has 0 saturated carbocycles. The fourth-order valence-electron chi connectivity index (χ4n) is 2.40. The van der Waals surface area contributed by atoms with Gasteiger partial charge in [-0.2, -0.15) is 0 Å². The molecular weight excluding hydrogens is 262 g/mol. The smallest absolute Gasteiger partial charge is 0.343 e. The molecule has 0 aliphatic carbocycles. The topological polar surface area (TPSA) is 33.5 Å². The molecule has 100 valence electrons. The SMILES string of the molecule is CN1CC=C(c2coc(=O)c3ccccc23)CC1.Cl. The number of halogens is 1. The van der Waals surface area contributed by atoms with Gasteiger partial charge >= 0.3 is 5.63 Å². The van der Waals surface area contributed by atoms with Crippen molar-refractivity contribution in [3.8, 4) is 0 Å². The van der Waals surface area contributed by atoms with E-state index in [0.717, 1.165) is 30.5 Å². The van der Waals surface area contributed by atoms with Gasteiger partial charge in [-0.3, -0.25) is 0 Å². The van der Waals surface area contributed by atoms with Crippen molar-refractivity contribution < 1.29 is 4.42 Å². The summed E-state index contributed by atoms with van der Waals surface area (Å²) in [5.41, 5.74) is 2.06. The van der Waals surface area contributed by atoms with Crippen molar-refractivity contribution in [1.82, 2.24) is 4.90 Å². The van der Waals surface area contributed by atoms with Crippen molar-refractivity contribution in [2.45, 2.75) is 6.42 Å². The van der Waals surface area contributed by atoms with Gasteiger partial charge in [0.25, 0.3) is 0 Å². The highest BCUT2D eigenvalue weighted by atomic mass is 35.5. The Hall–Kier alpha value is -1.58. The molecule has 1 aliphatic heterocycles. The molecule has 0 radical (unpaired) electrons. The van der Waals surface area contributed by atoms with Crippen LogP contribution in [-0.2, 0) is 0 Å². The molecule has 0 fully saturated rings. The molecule has 0 unspecified atom stereocenters. The van der Waals surface area contributed by atoms with Crippen LogP contribution in [0.3, 0.4) is 0 Å². The quantitative estimate of drug-likeness (QED) is 0.804. The minimum atomic E-state index is -0.261. The van der Waals surface area contributed by atoms with Gasteiger partial charge in [0.05, 0.1) is 5.39 Å². The monoisotopic (exact) mass is 277 g/mol. The van der Waals surface area contributed by atoms with Crippen LogP contribution in [-0.4, -0.2) is 25.0 Å². The van der Waals surface area contributed by atoms with Crippen LogP contribution >= 0.6 is 12.4 Å². The summed E-state index contributed by atoms with van der Waals surface area (Å²) in [6, 6.07) is 7.63. The third-order valence-corrected chi connectivity index (χ3v) is 3.48. The van der Waals surface area contributed by atoms with Crippen LogP contribution in [0.2, 0.25) is 0 Å². The molecule has 19 heavy (non-hydrogen) atoms. The first-order chi connectivity index (χ1) is 8.75. The van der Waals surface area contributed by atoms with E-state index in [0.29, 0.717) is 5.39 Å². The number of hydrogen-bond acceptors (Lipinski definition) is 3. The van der Waals surface area contributed by atoms with Crippen LogP contribution in [0.1, 0.15) is 12.0 Å². The van der Waals surface area contributed by atoms with Gasteiger partial charge in [0.1, 0.15) is 6.26 Å². The molecule has 1 aromatic heterocycles. The number of likely N-dealkylation sites (N-methyl/N-ethyl adjacent to an activating group) is 1. The highest BCUT2D eigenvalue weighted by molar-refractivity contribution is 5.92. The number of fused-ring (bicyclic) bond motifs is 1. The zero-order valence-electron chi connectivity index (χ0n) is 10.8. The fourth-order valence-corrected chi connectivity index (χ4v) is 2.40. The van der Waals surface area contributed by atoms with Gasteiger partial charge in [-0.15, -0.1) is 12.4 Å². The van der Waals surface area contributed by atoms with E-state index in [9.17, 15) is 4.79 Å². The van der Waals surface area contributed by atoms with Crippen LogP contribution in [0.5, 0.6) is 0 Å². The third kappa shape index (κ3) is 2.57. The Kier molecular flexibility index (Phi) is 4.08. The molecule has 1 aromatic carbocycles. The van der Waals surface area contributed by atoms with Gasteiger partial charge in [0.15, 0.2) is 0 Å². The summed E-state index contributed by atoms with van der Waals surface area (Å²) < 4.78 is 5.14. The maximum atomic E-state index is 11.7. The van der Waals surface area contributed by atoms with Crippen molar-refractivity contribution in [1.29, 1.82) is 0 Å². The standard InChI is InChI=1S/C15H15NO2.ClH/c1-16-8-6-11(7-9-16)14-10-18-15(17)13-5-3-2-4-12(13)14;/h2-6,10H,7-9H2,1H3;1H. The molecule has 0 bridgehead atoms. The molecule has 0 atom stereocenters. The van der Waals surface area contributed by atoms with Crippen molar-refractivity contribution in [3.63, 3.8) is 0 Å². The van der Waals surface area contributed by atoms with E-state index in [1.807, 2.05) is 24.3 Å². The molecule has 4 heteroatoms. The van der Waals surface area contributed by atoms with Crippen LogP contribution in [0.25, 0.3) is 16.3 Å². The molecule has 2 heterocycles. The van der Waals surface area contributed by atoms with Crippen LogP contribution in [0.4, 0.5) is 0 Å². The minimum Gasteiger partial charge on any atom is -0.430 e. The van der Waals surface area contributed by atoms with E-state index in [-0.39, 0.29) is 18.0 Å².